The van der Waals surface area contributed by atoms with Crippen LogP contribution in [0.1, 0.15) is 27.1 Å². The number of hydrogen-bond acceptors (Lipinski definition) is 2. The monoisotopic (exact) mass is 412 g/mol. The van der Waals surface area contributed by atoms with E-state index in [1.807, 2.05) is 18.2 Å². The fraction of sp³-hybridized carbons (Fsp3) is 0.294. The van der Waals surface area contributed by atoms with E-state index in [-0.39, 0.29) is 4.83 Å². The van der Waals surface area contributed by atoms with Gasteiger partial charge >= 0.3 is 0 Å². The van der Waals surface area contributed by atoms with Crippen molar-refractivity contribution >= 4 is 31.9 Å². The second-order valence-corrected chi connectivity index (χ2v) is 6.67. The molecule has 4 heteroatoms. The van der Waals surface area contributed by atoms with E-state index in [2.05, 4.69) is 57.8 Å². The van der Waals surface area contributed by atoms with E-state index in [1.54, 1.807) is 14.2 Å². The normalized spacial score (nSPS) is 12.1. The molecule has 2 nitrogen and oxygen atoms in total. The third-order valence-corrected chi connectivity index (χ3v) is 5.35. The summed E-state index contributed by atoms with van der Waals surface area (Å²) in [5, 5.41) is 0. The molecule has 0 aliphatic rings. The molecule has 0 saturated carbocycles. The average Bonchev–Trinajstić information content (AvgIpc) is 2.49. The summed E-state index contributed by atoms with van der Waals surface area (Å²) in [6, 6.07) is 10.2. The molecule has 0 aromatic heterocycles. The number of aryl methyl sites for hydroxylation is 2. The van der Waals surface area contributed by atoms with Gasteiger partial charge < -0.3 is 9.47 Å². The maximum Gasteiger partial charge on any atom is 0.127 e. The molecule has 0 aliphatic heterocycles. The van der Waals surface area contributed by atoms with Crippen molar-refractivity contribution in [1.29, 1.82) is 0 Å². The standard InChI is InChI=1S/C17H18Br2O2/c1-10-9-13(18)11(2)8-12(10)17(19)16-14(20-3)6-5-7-15(16)21-4/h5-9,17H,1-4H3. The van der Waals surface area contributed by atoms with Crippen LogP contribution in [-0.2, 0) is 0 Å². The van der Waals surface area contributed by atoms with Gasteiger partial charge in [-0.25, -0.2) is 0 Å². The molecule has 21 heavy (non-hydrogen) atoms. The molecule has 0 aliphatic carbocycles. The first-order valence-corrected chi connectivity index (χ1v) is 8.32. The Labute approximate surface area is 142 Å². The average molecular weight is 414 g/mol. The van der Waals surface area contributed by atoms with Gasteiger partial charge in [0.15, 0.2) is 0 Å². The zero-order valence-corrected chi connectivity index (χ0v) is 15.7. The van der Waals surface area contributed by atoms with Crippen molar-refractivity contribution < 1.29 is 9.47 Å². The molecular weight excluding hydrogens is 396 g/mol. The maximum atomic E-state index is 5.51. The van der Waals surface area contributed by atoms with Gasteiger partial charge in [-0.3, -0.25) is 0 Å². The molecule has 0 N–H and O–H groups in total. The van der Waals surface area contributed by atoms with Crippen molar-refractivity contribution in [3.8, 4) is 11.5 Å². The Morgan fingerprint density at radius 1 is 0.952 bits per heavy atom. The smallest absolute Gasteiger partial charge is 0.127 e. The Morgan fingerprint density at radius 2 is 1.52 bits per heavy atom. The molecule has 2 rings (SSSR count). The third kappa shape index (κ3) is 3.27. The Kier molecular flexibility index (Phi) is 5.33. The van der Waals surface area contributed by atoms with E-state index in [0.29, 0.717) is 0 Å². The van der Waals surface area contributed by atoms with E-state index in [0.717, 1.165) is 21.5 Å². The maximum absolute atomic E-state index is 5.51. The van der Waals surface area contributed by atoms with E-state index in [4.69, 9.17) is 9.47 Å². The molecular formula is C17H18Br2O2. The van der Waals surface area contributed by atoms with Crippen molar-refractivity contribution in [3.05, 3.63) is 57.1 Å². The summed E-state index contributed by atoms with van der Waals surface area (Å²) < 4.78 is 12.1. The van der Waals surface area contributed by atoms with Crippen LogP contribution in [0.15, 0.2) is 34.8 Å². The summed E-state index contributed by atoms with van der Waals surface area (Å²) in [5.74, 6) is 1.63. The lowest BCUT2D eigenvalue weighted by Gasteiger charge is -2.20. The lowest BCUT2D eigenvalue weighted by molar-refractivity contribution is 0.386. The minimum atomic E-state index is 0.00963. The summed E-state index contributed by atoms with van der Waals surface area (Å²) in [4.78, 5) is 0.00963. The molecule has 1 unspecified atom stereocenters. The van der Waals surface area contributed by atoms with Gasteiger partial charge in [0.25, 0.3) is 0 Å². The molecule has 0 amide bonds. The summed E-state index contributed by atoms with van der Waals surface area (Å²) >= 11 is 7.39. The van der Waals surface area contributed by atoms with Crippen LogP contribution in [0.5, 0.6) is 11.5 Å². The number of methoxy groups -OCH3 is 2. The van der Waals surface area contributed by atoms with Gasteiger partial charge in [0.2, 0.25) is 0 Å². The van der Waals surface area contributed by atoms with E-state index >= 15 is 0 Å². The van der Waals surface area contributed by atoms with Gasteiger partial charge in [0.05, 0.1) is 24.6 Å². The first-order chi connectivity index (χ1) is 9.99. The number of ether oxygens (including phenoxy) is 2. The first kappa shape index (κ1) is 16.4. The van der Waals surface area contributed by atoms with Crippen molar-refractivity contribution in [1.82, 2.24) is 0 Å². The Morgan fingerprint density at radius 3 is 2.05 bits per heavy atom. The molecule has 2 aromatic rings. The van der Waals surface area contributed by atoms with Crippen LogP contribution in [-0.4, -0.2) is 14.2 Å². The predicted molar refractivity (Wildman–Crippen MR) is 93.9 cm³/mol. The van der Waals surface area contributed by atoms with Gasteiger partial charge in [0, 0.05) is 4.47 Å². The summed E-state index contributed by atoms with van der Waals surface area (Å²) in [7, 11) is 3.36. The van der Waals surface area contributed by atoms with Gasteiger partial charge in [0.1, 0.15) is 11.5 Å². The zero-order valence-electron chi connectivity index (χ0n) is 12.5. The molecule has 1 atom stereocenters. The lowest BCUT2D eigenvalue weighted by atomic mass is 9.97. The summed E-state index contributed by atoms with van der Waals surface area (Å²) in [5.41, 5.74) is 4.63. The molecule has 0 fully saturated rings. The van der Waals surface area contributed by atoms with Crippen LogP contribution < -0.4 is 9.47 Å². The van der Waals surface area contributed by atoms with Gasteiger partial charge in [-0.15, -0.1) is 0 Å². The Hall–Kier alpha value is -1.00. The second-order valence-electron chi connectivity index (χ2n) is 4.90. The van der Waals surface area contributed by atoms with Crippen LogP contribution >= 0.6 is 31.9 Å². The van der Waals surface area contributed by atoms with Crippen LogP contribution in [0.2, 0.25) is 0 Å². The zero-order chi connectivity index (χ0) is 15.6. The van der Waals surface area contributed by atoms with Gasteiger partial charge in [-0.05, 0) is 48.7 Å². The topological polar surface area (TPSA) is 18.5 Å². The quantitative estimate of drug-likeness (QED) is 0.610. The van der Waals surface area contributed by atoms with Crippen molar-refractivity contribution in [3.63, 3.8) is 0 Å². The summed E-state index contributed by atoms with van der Waals surface area (Å²) in [6.07, 6.45) is 0. The molecule has 112 valence electrons. The molecule has 2 aromatic carbocycles. The highest BCUT2D eigenvalue weighted by atomic mass is 79.9. The predicted octanol–water partition coefficient (Wildman–Crippen LogP) is 5.57. The van der Waals surface area contributed by atoms with Crippen LogP contribution in [0, 0.1) is 13.8 Å². The minimum Gasteiger partial charge on any atom is -0.496 e. The van der Waals surface area contributed by atoms with Crippen molar-refractivity contribution in [2.45, 2.75) is 18.7 Å². The number of benzene rings is 2. The molecule has 0 bridgehead atoms. The fourth-order valence-corrected chi connectivity index (χ4v) is 3.76. The highest BCUT2D eigenvalue weighted by Gasteiger charge is 2.22. The van der Waals surface area contributed by atoms with Crippen molar-refractivity contribution in [2.24, 2.45) is 0 Å². The summed E-state index contributed by atoms with van der Waals surface area (Å²) in [6.45, 7) is 4.20. The Balaban J connectivity index is 2.59. The van der Waals surface area contributed by atoms with E-state index < -0.39 is 0 Å². The number of hydrogen-bond donors (Lipinski definition) is 0. The first-order valence-electron chi connectivity index (χ1n) is 6.61. The third-order valence-electron chi connectivity index (χ3n) is 3.54. The SMILES string of the molecule is COc1cccc(OC)c1C(Br)c1cc(C)c(Br)cc1C. The lowest BCUT2D eigenvalue weighted by Crippen LogP contribution is -2.02. The molecule has 0 heterocycles. The van der Waals surface area contributed by atoms with Crippen LogP contribution in [0.3, 0.4) is 0 Å². The fourth-order valence-electron chi connectivity index (χ4n) is 2.36. The Bertz CT molecular complexity index is 631. The minimum absolute atomic E-state index is 0.00963. The van der Waals surface area contributed by atoms with Gasteiger partial charge in [-0.2, -0.15) is 0 Å². The van der Waals surface area contributed by atoms with Crippen molar-refractivity contribution in [2.75, 3.05) is 14.2 Å². The second kappa shape index (κ2) is 6.84. The number of rotatable bonds is 4. The largest absolute Gasteiger partial charge is 0.496 e. The molecule has 0 saturated heterocycles. The number of alkyl halides is 1. The van der Waals surface area contributed by atoms with E-state index in [9.17, 15) is 0 Å². The van der Waals surface area contributed by atoms with E-state index in [1.165, 1.54) is 16.7 Å². The molecule has 0 spiro atoms. The number of halogens is 2. The highest BCUT2D eigenvalue weighted by Crippen LogP contribution is 2.43. The van der Waals surface area contributed by atoms with Crippen LogP contribution in [0.4, 0.5) is 0 Å². The highest BCUT2D eigenvalue weighted by molar-refractivity contribution is 9.10. The van der Waals surface area contributed by atoms with Gasteiger partial charge in [-0.1, -0.05) is 44.0 Å². The molecule has 0 radical (unpaired) electrons. The van der Waals surface area contributed by atoms with Crippen LogP contribution in [0.25, 0.3) is 0 Å².